The smallest absolute Gasteiger partial charge is 0.0462 e. The molecule has 0 bridgehead atoms. The summed E-state index contributed by atoms with van der Waals surface area (Å²) >= 11 is 0. The highest BCUT2D eigenvalue weighted by Gasteiger charge is 2.38. The molecule has 0 spiro atoms. The van der Waals surface area contributed by atoms with E-state index in [9.17, 15) is 0 Å². The van der Waals surface area contributed by atoms with Gasteiger partial charge in [-0.25, -0.2) is 0 Å². The second-order valence-electron chi connectivity index (χ2n) is 15.7. The highest BCUT2D eigenvalue weighted by atomic mass is 15.1. The van der Waals surface area contributed by atoms with Gasteiger partial charge in [0.2, 0.25) is 0 Å². The van der Waals surface area contributed by atoms with E-state index in [2.05, 4.69) is 223 Å². The zero-order valence-electron chi connectivity index (χ0n) is 33.2. The van der Waals surface area contributed by atoms with E-state index < -0.39 is 0 Å². The van der Waals surface area contributed by atoms with Gasteiger partial charge in [0.25, 0.3) is 0 Å². The number of hydrogen-bond acceptors (Lipinski definition) is 3. The van der Waals surface area contributed by atoms with Gasteiger partial charge in [-0.15, -0.1) is 0 Å². The topological polar surface area (TPSA) is 28.2 Å². The van der Waals surface area contributed by atoms with E-state index in [0.717, 1.165) is 39.4 Å². The molecule has 3 nitrogen and oxygen atoms in total. The van der Waals surface area contributed by atoms with Crippen molar-refractivity contribution >= 4 is 33.9 Å². The molecule has 0 unspecified atom stereocenters. The summed E-state index contributed by atoms with van der Waals surface area (Å²) in [5.74, 6) is 0. The lowest BCUT2D eigenvalue weighted by Crippen LogP contribution is -2.17. The lowest BCUT2D eigenvalue weighted by molar-refractivity contribution is 0.704. The largest absolute Gasteiger partial charge is 0.361 e. The number of pyridine rings is 1. The fraction of sp³-hybridized carbons (Fsp3) is 0.0536. The summed E-state index contributed by atoms with van der Waals surface area (Å²) in [6.07, 6.45) is 12.3. The molecule has 1 aromatic heterocycles. The molecule has 0 radical (unpaired) electrons. The number of para-hydroxylation sites is 1. The van der Waals surface area contributed by atoms with Crippen molar-refractivity contribution in [2.75, 3.05) is 10.2 Å². The van der Waals surface area contributed by atoms with Crippen molar-refractivity contribution in [3.05, 3.63) is 236 Å². The highest BCUT2D eigenvalue weighted by Crippen LogP contribution is 2.53. The maximum atomic E-state index is 4.31. The van der Waals surface area contributed by atoms with Crippen LogP contribution in [-0.2, 0) is 5.41 Å². The normalized spacial score (nSPS) is 14.7. The molecule has 0 atom stereocenters. The van der Waals surface area contributed by atoms with Crippen LogP contribution in [0.15, 0.2) is 219 Å². The molecule has 8 aromatic rings. The minimum Gasteiger partial charge on any atom is -0.361 e. The van der Waals surface area contributed by atoms with Gasteiger partial charge in [0.15, 0.2) is 0 Å². The van der Waals surface area contributed by atoms with Gasteiger partial charge in [0, 0.05) is 52.3 Å². The number of fused-ring (bicyclic) bond motifs is 6. The minimum atomic E-state index is -0.164. The molecular weight excluding hydrogens is 715 g/mol. The summed E-state index contributed by atoms with van der Waals surface area (Å²) in [4.78, 5) is 6.62. The lowest BCUT2D eigenvalue weighted by Gasteiger charge is -2.27. The molecule has 2 aliphatic rings. The highest BCUT2D eigenvalue weighted by molar-refractivity contribution is 6.08. The number of allylic oxidation sites excluding steroid dienone is 5. The van der Waals surface area contributed by atoms with Crippen molar-refractivity contribution in [3.63, 3.8) is 0 Å². The first-order valence-corrected chi connectivity index (χ1v) is 20.3. The standard InChI is InChI=1S/C56H43N3/c1-56(2)53-23-9-8-20-49(53)51-22-10-11-35-58-54-33-28-43(37-52(54)48-19-6-7-21-50(48)55(51)56)42-15-12-14-41(36-42)39-24-29-46(30-25-39)59(45-17-4-3-5-18-45)47-31-26-40(27-32-47)44-16-13-34-57-38-44/h3-38,58H,1-2H3/b22-10-,35-11+. The number of rotatable bonds is 6. The predicted molar refractivity (Wildman–Crippen MR) is 249 cm³/mol. The second-order valence-corrected chi connectivity index (χ2v) is 15.7. The van der Waals surface area contributed by atoms with Crippen molar-refractivity contribution in [2.45, 2.75) is 19.3 Å². The van der Waals surface area contributed by atoms with Crippen LogP contribution in [0.1, 0.15) is 30.5 Å². The fourth-order valence-corrected chi connectivity index (χ4v) is 8.92. The number of benzene rings is 7. The van der Waals surface area contributed by atoms with Crippen LogP contribution in [0.25, 0.3) is 55.7 Å². The zero-order valence-corrected chi connectivity index (χ0v) is 33.2. The molecule has 0 saturated carbocycles. The van der Waals surface area contributed by atoms with E-state index >= 15 is 0 Å². The van der Waals surface area contributed by atoms with Crippen molar-refractivity contribution in [3.8, 4) is 44.5 Å². The average molecular weight is 758 g/mol. The molecule has 0 amide bonds. The summed E-state index contributed by atoms with van der Waals surface area (Å²) in [7, 11) is 0. The summed E-state index contributed by atoms with van der Waals surface area (Å²) < 4.78 is 0. The van der Waals surface area contributed by atoms with E-state index in [1.165, 1.54) is 55.7 Å². The summed E-state index contributed by atoms with van der Waals surface area (Å²) in [6, 6.07) is 65.8. The maximum absolute atomic E-state index is 4.31. The Hall–Kier alpha value is -7.49. The molecule has 2 heterocycles. The van der Waals surface area contributed by atoms with Crippen LogP contribution in [0.2, 0.25) is 0 Å². The number of nitrogens with zero attached hydrogens (tertiary/aromatic N) is 2. The van der Waals surface area contributed by atoms with Gasteiger partial charge in [0.1, 0.15) is 0 Å². The first-order chi connectivity index (χ1) is 29.0. The van der Waals surface area contributed by atoms with Gasteiger partial charge >= 0.3 is 0 Å². The zero-order chi connectivity index (χ0) is 39.8. The molecule has 1 aliphatic heterocycles. The molecule has 59 heavy (non-hydrogen) atoms. The fourth-order valence-electron chi connectivity index (χ4n) is 8.92. The number of nitrogens with one attached hydrogen (secondary N) is 1. The Morgan fingerprint density at radius 2 is 1.05 bits per heavy atom. The van der Waals surface area contributed by atoms with E-state index in [-0.39, 0.29) is 5.41 Å². The molecule has 1 N–H and O–H groups in total. The monoisotopic (exact) mass is 757 g/mol. The summed E-state index contributed by atoms with van der Waals surface area (Å²) in [6.45, 7) is 4.73. The van der Waals surface area contributed by atoms with Crippen LogP contribution < -0.4 is 10.2 Å². The average Bonchev–Trinajstić information content (AvgIpc) is 3.51. The van der Waals surface area contributed by atoms with E-state index in [1.54, 1.807) is 0 Å². The lowest BCUT2D eigenvalue weighted by atomic mass is 9.76. The van der Waals surface area contributed by atoms with Crippen LogP contribution in [0.4, 0.5) is 22.7 Å². The number of hydrogen-bond donors (Lipinski definition) is 1. The van der Waals surface area contributed by atoms with Gasteiger partial charge < -0.3 is 10.2 Å². The SMILES string of the molecule is CC1(C)C2=C(/C=C\C=C\Nc3ccc(-c4cccc(-c5ccc(N(c6ccccc6)c6ccc(-c7cccnc7)cc6)cc5)c4)cc3-c3ccccc32)c2ccccc21. The van der Waals surface area contributed by atoms with E-state index in [1.807, 2.05) is 24.7 Å². The van der Waals surface area contributed by atoms with Crippen LogP contribution in [0.5, 0.6) is 0 Å². The van der Waals surface area contributed by atoms with Crippen molar-refractivity contribution in [2.24, 2.45) is 0 Å². The number of anilines is 4. The third kappa shape index (κ3) is 6.67. The van der Waals surface area contributed by atoms with Crippen molar-refractivity contribution < 1.29 is 0 Å². The van der Waals surface area contributed by atoms with Crippen LogP contribution in [-0.4, -0.2) is 4.98 Å². The van der Waals surface area contributed by atoms with Crippen LogP contribution in [0, 0.1) is 0 Å². The van der Waals surface area contributed by atoms with Gasteiger partial charge in [-0.05, 0) is 134 Å². The van der Waals surface area contributed by atoms with E-state index in [4.69, 9.17) is 0 Å². The second kappa shape index (κ2) is 15.1. The maximum Gasteiger partial charge on any atom is 0.0462 e. The minimum absolute atomic E-state index is 0.164. The Kier molecular flexibility index (Phi) is 9.19. The Morgan fingerprint density at radius 3 is 1.78 bits per heavy atom. The van der Waals surface area contributed by atoms with Crippen LogP contribution in [0.3, 0.4) is 0 Å². The Morgan fingerprint density at radius 1 is 0.458 bits per heavy atom. The molecular formula is C56H43N3. The first kappa shape index (κ1) is 35.9. The Bertz CT molecular complexity index is 2900. The van der Waals surface area contributed by atoms with Crippen molar-refractivity contribution in [1.29, 1.82) is 0 Å². The van der Waals surface area contributed by atoms with Gasteiger partial charge in [0.05, 0.1) is 0 Å². The molecule has 282 valence electrons. The quantitative estimate of drug-likeness (QED) is 0.183. The molecule has 3 heteroatoms. The van der Waals surface area contributed by atoms with Crippen LogP contribution >= 0.6 is 0 Å². The summed E-state index contributed by atoms with van der Waals surface area (Å²) in [5.41, 5.74) is 20.1. The summed E-state index contributed by atoms with van der Waals surface area (Å²) in [5, 5.41) is 3.61. The first-order valence-electron chi connectivity index (χ1n) is 20.3. The predicted octanol–water partition coefficient (Wildman–Crippen LogP) is 14.9. The van der Waals surface area contributed by atoms with Gasteiger partial charge in [-0.2, -0.15) is 0 Å². The molecule has 0 saturated heterocycles. The van der Waals surface area contributed by atoms with Gasteiger partial charge in [-0.1, -0.05) is 147 Å². The molecule has 7 aromatic carbocycles. The third-order valence-electron chi connectivity index (χ3n) is 11.8. The van der Waals surface area contributed by atoms with E-state index in [0.29, 0.717) is 0 Å². The molecule has 1 aliphatic carbocycles. The molecule has 10 rings (SSSR count). The third-order valence-corrected chi connectivity index (χ3v) is 11.8. The van der Waals surface area contributed by atoms with Gasteiger partial charge in [-0.3, -0.25) is 4.98 Å². The Balaban J connectivity index is 1.00. The Labute approximate surface area is 347 Å². The van der Waals surface area contributed by atoms with Crippen molar-refractivity contribution in [1.82, 2.24) is 4.98 Å². The number of aromatic nitrogens is 1. The molecule has 0 fully saturated rings.